The van der Waals surface area contributed by atoms with E-state index >= 15 is 0 Å². The Balaban J connectivity index is 2.71. The molecule has 1 aromatic heterocycles. The molecule has 0 aliphatic heterocycles. The molecule has 0 bridgehead atoms. The third-order valence-electron chi connectivity index (χ3n) is 2.03. The first-order valence-electron chi connectivity index (χ1n) is 5.39. The molecule has 0 aromatic carbocycles. The fourth-order valence-electron chi connectivity index (χ4n) is 1.29. The molecule has 0 atom stereocenters. The molecule has 5 nitrogen and oxygen atoms in total. The summed E-state index contributed by atoms with van der Waals surface area (Å²) in [4.78, 5) is 28.1. The summed E-state index contributed by atoms with van der Waals surface area (Å²) < 4.78 is 9.73. The Hall–Kier alpha value is -1.43. The van der Waals surface area contributed by atoms with Crippen LogP contribution in [0.4, 0.5) is 0 Å². The average molecular weight is 257 g/mol. The molecule has 0 saturated heterocycles. The Labute approximate surface area is 104 Å². The van der Waals surface area contributed by atoms with Crippen LogP contribution in [0.25, 0.3) is 0 Å². The van der Waals surface area contributed by atoms with Crippen LogP contribution < -0.4 is 0 Å². The van der Waals surface area contributed by atoms with Gasteiger partial charge in [0.2, 0.25) is 0 Å². The Morgan fingerprint density at radius 2 is 1.88 bits per heavy atom. The number of nitrogens with zero attached hydrogens (tertiary/aromatic N) is 1. The van der Waals surface area contributed by atoms with E-state index in [1.54, 1.807) is 25.6 Å². The molecule has 0 aliphatic rings. The van der Waals surface area contributed by atoms with Gasteiger partial charge in [-0.3, -0.25) is 14.6 Å². The van der Waals surface area contributed by atoms with Crippen LogP contribution in [0.2, 0.25) is 0 Å². The predicted octanol–water partition coefficient (Wildman–Crippen LogP) is 1.43. The molecule has 94 valence electrons. The maximum atomic E-state index is 11.6. The van der Waals surface area contributed by atoms with Crippen LogP contribution in [0.1, 0.15) is 18.7 Å². The Morgan fingerprint density at radius 1 is 1.29 bits per heavy atom. The van der Waals surface area contributed by atoms with E-state index < -0.39 is 17.9 Å². The van der Waals surface area contributed by atoms with Crippen molar-refractivity contribution >= 4 is 23.3 Å². The summed E-state index contributed by atoms with van der Waals surface area (Å²) in [6, 6.07) is 0. The van der Waals surface area contributed by atoms with Gasteiger partial charge in [0.05, 0.1) is 18.7 Å². The highest BCUT2D eigenvalue weighted by Crippen LogP contribution is 2.15. The predicted molar refractivity (Wildman–Crippen MR) is 62.6 cm³/mol. The first kappa shape index (κ1) is 13.6. The van der Waals surface area contributed by atoms with Crippen molar-refractivity contribution in [1.29, 1.82) is 0 Å². The van der Waals surface area contributed by atoms with Gasteiger partial charge < -0.3 is 9.47 Å². The summed E-state index contributed by atoms with van der Waals surface area (Å²) >= 11 is 1.40. The molecule has 6 heteroatoms. The van der Waals surface area contributed by atoms with Crippen molar-refractivity contribution in [2.24, 2.45) is 5.92 Å². The zero-order valence-electron chi connectivity index (χ0n) is 9.84. The topological polar surface area (TPSA) is 65.5 Å². The number of hydrogen-bond donors (Lipinski definition) is 0. The van der Waals surface area contributed by atoms with Crippen LogP contribution in [-0.2, 0) is 25.5 Å². The number of hydrogen-bond acceptors (Lipinski definition) is 6. The van der Waals surface area contributed by atoms with Gasteiger partial charge in [0, 0.05) is 17.5 Å². The minimum atomic E-state index is -0.893. The van der Waals surface area contributed by atoms with Crippen LogP contribution >= 0.6 is 11.3 Å². The van der Waals surface area contributed by atoms with Crippen LogP contribution in [0, 0.1) is 5.92 Å². The fraction of sp³-hybridized carbons (Fsp3) is 0.545. The number of ether oxygens (including phenoxy) is 2. The molecule has 1 rings (SSSR count). The summed E-state index contributed by atoms with van der Waals surface area (Å²) in [6.45, 7) is 3.90. The van der Waals surface area contributed by atoms with Gasteiger partial charge in [-0.05, 0) is 13.8 Å². The Bertz CT molecular complexity index is 346. The number of thiazole rings is 1. The van der Waals surface area contributed by atoms with Gasteiger partial charge in [-0.15, -0.1) is 11.3 Å². The van der Waals surface area contributed by atoms with Crippen molar-refractivity contribution < 1.29 is 19.1 Å². The van der Waals surface area contributed by atoms with Crippen molar-refractivity contribution in [3.05, 3.63) is 16.6 Å². The molecule has 0 spiro atoms. The van der Waals surface area contributed by atoms with Crippen LogP contribution in [0.3, 0.4) is 0 Å². The summed E-state index contributed by atoms with van der Waals surface area (Å²) in [5.41, 5.74) is 1.66. The first-order valence-corrected chi connectivity index (χ1v) is 6.27. The lowest BCUT2D eigenvalue weighted by atomic mass is 10.1. The highest BCUT2D eigenvalue weighted by molar-refractivity contribution is 7.09. The van der Waals surface area contributed by atoms with Gasteiger partial charge in [-0.1, -0.05) is 0 Å². The van der Waals surface area contributed by atoms with Gasteiger partial charge in [0.15, 0.2) is 5.92 Å². The average Bonchev–Trinajstić information content (AvgIpc) is 2.79. The maximum absolute atomic E-state index is 11.6. The smallest absolute Gasteiger partial charge is 0.320 e. The van der Waals surface area contributed by atoms with Crippen molar-refractivity contribution in [2.45, 2.75) is 20.3 Å². The van der Waals surface area contributed by atoms with E-state index in [0.29, 0.717) is 0 Å². The van der Waals surface area contributed by atoms with Gasteiger partial charge in [-0.2, -0.15) is 0 Å². The molecule has 0 radical (unpaired) electrons. The molecule has 0 N–H and O–H groups in total. The zero-order chi connectivity index (χ0) is 12.7. The second kappa shape index (κ2) is 7.01. The molecule has 0 unspecified atom stereocenters. The van der Waals surface area contributed by atoms with Crippen molar-refractivity contribution in [3.8, 4) is 0 Å². The lowest BCUT2D eigenvalue weighted by Crippen LogP contribution is -2.29. The molecular weight excluding hydrogens is 242 g/mol. The molecule has 0 aliphatic carbocycles. The zero-order valence-corrected chi connectivity index (χ0v) is 10.7. The monoisotopic (exact) mass is 257 g/mol. The minimum absolute atomic E-state index is 0.247. The van der Waals surface area contributed by atoms with E-state index in [1.807, 2.05) is 0 Å². The van der Waals surface area contributed by atoms with Gasteiger partial charge in [0.1, 0.15) is 0 Å². The molecule has 0 amide bonds. The molecular formula is C11H15NO4S. The van der Waals surface area contributed by atoms with Gasteiger partial charge in [-0.25, -0.2) is 0 Å². The van der Waals surface area contributed by atoms with E-state index in [9.17, 15) is 9.59 Å². The standard InChI is InChI=1S/C11H15NO4S/c1-3-15-10(13)9(11(14)16-4-2)5-8-6-12-7-17-8/h6-7,9H,3-5H2,1-2H3. The quantitative estimate of drug-likeness (QED) is 0.569. The number of carbonyl (C=O) groups excluding carboxylic acids is 2. The second-order valence-corrected chi connectivity index (χ2v) is 4.20. The summed E-state index contributed by atoms with van der Waals surface area (Å²) in [6.07, 6.45) is 1.92. The SMILES string of the molecule is CCOC(=O)C(Cc1cncs1)C(=O)OCC. The number of rotatable bonds is 6. The number of carbonyl (C=O) groups is 2. The second-order valence-electron chi connectivity index (χ2n) is 3.23. The van der Waals surface area contributed by atoms with Gasteiger partial charge in [0.25, 0.3) is 0 Å². The van der Waals surface area contributed by atoms with Crippen LogP contribution in [-0.4, -0.2) is 30.1 Å². The van der Waals surface area contributed by atoms with Gasteiger partial charge >= 0.3 is 11.9 Å². The fourth-order valence-corrected chi connectivity index (χ4v) is 1.93. The Morgan fingerprint density at radius 3 is 2.29 bits per heavy atom. The summed E-state index contributed by atoms with van der Waals surface area (Å²) in [5.74, 6) is -1.98. The van der Waals surface area contributed by atoms with Crippen LogP contribution in [0.15, 0.2) is 11.7 Å². The van der Waals surface area contributed by atoms with E-state index in [0.717, 1.165) is 4.88 Å². The highest BCUT2D eigenvalue weighted by atomic mass is 32.1. The lowest BCUT2D eigenvalue weighted by Gasteiger charge is -2.13. The highest BCUT2D eigenvalue weighted by Gasteiger charge is 2.30. The molecule has 0 fully saturated rings. The summed E-state index contributed by atoms with van der Waals surface area (Å²) in [7, 11) is 0. The first-order chi connectivity index (χ1) is 8.19. The molecule has 0 saturated carbocycles. The van der Waals surface area contributed by atoms with E-state index in [1.165, 1.54) is 11.3 Å². The largest absolute Gasteiger partial charge is 0.465 e. The van der Waals surface area contributed by atoms with Crippen molar-refractivity contribution in [2.75, 3.05) is 13.2 Å². The maximum Gasteiger partial charge on any atom is 0.320 e. The number of aromatic nitrogens is 1. The lowest BCUT2D eigenvalue weighted by molar-refractivity contribution is -0.161. The normalized spacial score (nSPS) is 10.3. The number of esters is 2. The summed E-state index contributed by atoms with van der Waals surface area (Å²) in [5, 5.41) is 0. The van der Waals surface area contributed by atoms with Crippen LogP contribution in [0.5, 0.6) is 0 Å². The third kappa shape index (κ3) is 4.14. The minimum Gasteiger partial charge on any atom is -0.465 e. The van der Waals surface area contributed by atoms with E-state index in [4.69, 9.17) is 9.47 Å². The third-order valence-corrected chi connectivity index (χ3v) is 2.83. The van der Waals surface area contributed by atoms with Crippen molar-refractivity contribution in [1.82, 2.24) is 4.98 Å². The molecule has 17 heavy (non-hydrogen) atoms. The molecule has 1 heterocycles. The Kier molecular flexibility index (Phi) is 5.62. The van der Waals surface area contributed by atoms with Crippen molar-refractivity contribution in [3.63, 3.8) is 0 Å². The molecule has 1 aromatic rings. The van der Waals surface area contributed by atoms with E-state index in [-0.39, 0.29) is 19.6 Å². The van der Waals surface area contributed by atoms with E-state index in [2.05, 4.69) is 4.98 Å².